The Morgan fingerprint density at radius 2 is 1.45 bits per heavy atom. The van der Waals surface area contributed by atoms with Gasteiger partial charge in [-0.15, -0.1) is 0 Å². The Hall–Kier alpha value is -0.880. The van der Waals surface area contributed by atoms with Crippen LogP contribution in [-0.4, -0.2) is 45.2 Å². The molecule has 0 amide bonds. The monoisotopic (exact) mass is 428 g/mol. The van der Waals surface area contributed by atoms with Gasteiger partial charge in [0.1, 0.15) is 9.84 Å². The van der Waals surface area contributed by atoms with Crippen molar-refractivity contribution in [1.29, 1.82) is 0 Å². The van der Waals surface area contributed by atoms with E-state index in [0.29, 0.717) is 31.0 Å². The lowest BCUT2D eigenvalue weighted by Crippen LogP contribution is -2.25. The van der Waals surface area contributed by atoms with E-state index < -0.39 is 9.84 Å². The van der Waals surface area contributed by atoms with Crippen molar-refractivity contribution in [2.45, 2.75) is 95.3 Å². The quantitative estimate of drug-likeness (QED) is 0.267. The lowest BCUT2D eigenvalue weighted by Gasteiger charge is -2.28. The van der Waals surface area contributed by atoms with E-state index in [4.69, 9.17) is 9.47 Å². The molecule has 2 rings (SSSR count). The van der Waals surface area contributed by atoms with E-state index in [1.165, 1.54) is 19.1 Å². The van der Waals surface area contributed by atoms with E-state index in [1.807, 2.05) is 6.92 Å². The predicted octanol–water partition coefficient (Wildman–Crippen LogP) is 4.84. The number of carbonyl (C=O) groups is 1. The van der Waals surface area contributed by atoms with Gasteiger partial charge in [0.15, 0.2) is 0 Å². The summed E-state index contributed by atoms with van der Waals surface area (Å²) in [5.41, 5.74) is 0. The highest BCUT2D eigenvalue weighted by Crippen LogP contribution is 2.31. The Kier molecular flexibility index (Phi) is 10.7. The van der Waals surface area contributed by atoms with Crippen LogP contribution in [0.1, 0.15) is 84.0 Å². The largest absolute Gasteiger partial charge is 0.466 e. The third-order valence-electron chi connectivity index (χ3n) is 6.31. The SMILES string of the molecule is CCCC(=O)OCCCCOC1CCC(/C=C\C2CCC(S(C)(=O)=O)CC2)CC1. The standard InChI is InChI=1S/C23H40O5S/c1-3-6-23(24)28-18-5-4-17-27-21-13-9-19(10-14-21)7-8-20-11-15-22(16-12-20)29(2,25)26/h7-8,19-22H,3-6,9-18H2,1-2H3/b8-7-. The van der Waals surface area contributed by atoms with Crippen molar-refractivity contribution in [1.82, 2.24) is 0 Å². The number of sulfone groups is 1. The molecule has 0 unspecified atom stereocenters. The lowest BCUT2D eigenvalue weighted by atomic mass is 9.84. The maximum Gasteiger partial charge on any atom is 0.305 e. The van der Waals surface area contributed by atoms with E-state index in [0.717, 1.165) is 64.4 Å². The molecule has 2 fully saturated rings. The number of hydrogen-bond donors (Lipinski definition) is 0. The van der Waals surface area contributed by atoms with Gasteiger partial charge >= 0.3 is 5.97 Å². The zero-order valence-corrected chi connectivity index (χ0v) is 19.1. The third-order valence-corrected chi connectivity index (χ3v) is 7.99. The van der Waals surface area contributed by atoms with Gasteiger partial charge in [0, 0.05) is 19.3 Å². The summed E-state index contributed by atoms with van der Waals surface area (Å²) in [6.45, 7) is 3.23. The number of carbonyl (C=O) groups excluding carboxylic acids is 1. The number of allylic oxidation sites excluding steroid dienone is 2. The highest BCUT2D eigenvalue weighted by molar-refractivity contribution is 7.91. The first-order valence-electron chi connectivity index (χ1n) is 11.5. The molecule has 0 N–H and O–H groups in total. The van der Waals surface area contributed by atoms with Crippen molar-refractivity contribution < 1.29 is 22.7 Å². The van der Waals surface area contributed by atoms with Crippen molar-refractivity contribution in [2.75, 3.05) is 19.5 Å². The van der Waals surface area contributed by atoms with E-state index in [-0.39, 0.29) is 11.2 Å². The second-order valence-electron chi connectivity index (χ2n) is 8.84. The molecule has 0 spiro atoms. The minimum Gasteiger partial charge on any atom is -0.466 e. The van der Waals surface area contributed by atoms with Gasteiger partial charge in [-0.05, 0) is 82.5 Å². The van der Waals surface area contributed by atoms with Crippen LogP contribution in [0.25, 0.3) is 0 Å². The first kappa shape index (κ1) is 24.4. The van der Waals surface area contributed by atoms with Crippen molar-refractivity contribution in [3.05, 3.63) is 12.2 Å². The molecule has 0 bridgehead atoms. The van der Waals surface area contributed by atoms with E-state index in [1.54, 1.807) is 0 Å². The van der Waals surface area contributed by atoms with Gasteiger partial charge in [0.2, 0.25) is 0 Å². The minimum absolute atomic E-state index is 0.0942. The first-order valence-corrected chi connectivity index (χ1v) is 13.5. The molecular weight excluding hydrogens is 388 g/mol. The van der Waals surface area contributed by atoms with E-state index in [2.05, 4.69) is 12.2 Å². The predicted molar refractivity (Wildman–Crippen MR) is 117 cm³/mol. The lowest BCUT2D eigenvalue weighted by molar-refractivity contribution is -0.143. The summed E-state index contributed by atoms with van der Waals surface area (Å²) in [7, 11) is -2.87. The van der Waals surface area contributed by atoms with Crippen LogP contribution in [0.15, 0.2) is 12.2 Å². The smallest absolute Gasteiger partial charge is 0.305 e. The zero-order chi connectivity index (χ0) is 21.1. The first-order chi connectivity index (χ1) is 13.9. The topological polar surface area (TPSA) is 69.7 Å². The minimum atomic E-state index is -2.87. The summed E-state index contributed by atoms with van der Waals surface area (Å²) in [6.07, 6.45) is 17.8. The van der Waals surface area contributed by atoms with Crippen LogP contribution in [0.3, 0.4) is 0 Å². The molecule has 6 heteroatoms. The number of rotatable bonds is 11. The van der Waals surface area contributed by atoms with Crippen molar-refractivity contribution in [2.24, 2.45) is 11.8 Å². The maximum atomic E-state index is 11.7. The Morgan fingerprint density at radius 3 is 2.00 bits per heavy atom. The second-order valence-corrected chi connectivity index (χ2v) is 11.2. The summed E-state index contributed by atoms with van der Waals surface area (Å²) >= 11 is 0. The van der Waals surface area contributed by atoms with Crippen LogP contribution in [0, 0.1) is 11.8 Å². The number of unbranched alkanes of at least 4 members (excludes halogenated alkanes) is 1. The van der Waals surface area contributed by atoms with Crippen molar-refractivity contribution >= 4 is 15.8 Å². The number of ether oxygens (including phenoxy) is 2. The molecule has 0 aromatic rings. The van der Waals surface area contributed by atoms with Gasteiger partial charge < -0.3 is 9.47 Å². The maximum absolute atomic E-state index is 11.7. The molecular formula is C23H40O5S. The number of esters is 1. The van der Waals surface area contributed by atoms with Crippen LogP contribution in [0.5, 0.6) is 0 Å². The molecule has 2 saturated carbocycles. The molecule has 2 aliphatic carbocycles. The highest BCUT2D eigenvalue weighted by Gasteiger charge is 2.27. The average molecular weight is 429 g/mol. The molecule has 0 saturated heterocycles. The van der Waals surface area contributed by atoms with Gasteiger partial charge in [0.25, 0.3) is 0 Å². The Bertz CT molecular complexity index is 597. The highest BCUT2D eigenvalue weighted by atomic mass is 32.2. The van der Waals surface area contributed by atoms with E-state index >= 15 is 0 Å². The Morgan fingerprint density at radius 1 is 0.897 bits per heavy atom. The van der Waals surface area contributed by atoms with Crippen LogP contribution < -0.4 is 0 Å². The molecule has 0 radical (unpaired) electrons. The van der Waals surface area contributed by atoms with Gasteiger partial charge in [-0.2, -0.15) is 0 Å². The molecule has 168 valence electrons. The van der Waals surface area contributed by atoms with Gasteiger partial charge in [-0.1, -0.05) is 19.1 Å². The summed E-state index contributed by atoms with van der Waals surface area (Å²) in [6, 6.07) is 0. The Balaban J connectivity index is 1.52. The van der Waals surface area contributed by atoms with Gasteiger partial charge in [0.05, 0.1) is 18.0 Å². The fourth-order valence-electron chi connectivity index (χ4n) is 4.39. The number of hydrogen-bond acceptors (Lipinski definition) is 5. The summed E-state index contributed by atoms with van der Waals surface area (Å²) in [4.78, 5) is 11.3. The van der Waals surface area contributed by atoms with Crippen LogP contribution in [0.4, 0.5) is 0 Å². The Labute approximate surface area is 177 Å². The molecule has 0 aromatic heterocycles. The van der Waals surface area contributed by atoms with Crippen molar-refractivity contribution in [3.63, 3.8) is 0 Å². The molecule has 0 aromatic carbocycles. The molecule has 5 nitrogen and oxygen atoms in total. The third kappa shape index (κ3) is 9.65. The molecule has 0 heterocycles. The van der Waals surface area contributed by atoms with Gasteiger partial charge in [-0.25, -0.2) is 8.42 Å². The average Bonchev–Trinajstić information content (AvgIpc) is 2.70. The summed E-state index contributed by atoms with van der Waals surface area (Å²) in [5.74, 6) is 1.09. The normalized spacial score (nSPS) is 28.5. The van der Waals surface area contributed by atoms with E-state index in [9.17, 15) is 13.2 Å². The summed E-state index contributed by atoms with van der Waals surface area (Å²) in [5, 5.41) is -0.122. The zero-order valence-electron chi connectivity index (χ0n) is 18.3. The van der Waals surface area contributed by atoms with Crippen LogP contribution in [-0.2, 0) is 24.1 Å². The van der Waals surface area contributed by atoms with Crippen LogP contribution in [0.2, 0.25) is 0 Å². The van der Waals surface area contributed by atoms with Gasteiger partial charge in [-0.3, -0.25) is 4.79 Å². The fraction of sp³-hybridized carbons (Fsp3) is 0.870. The molecule has 0 aliphatic heterocycles. The molecule has 2 aliphatic rings. The fourth-order valence-corrected chi connectivity index (χ4v) is 5.52. The van der Waals surface area contributed by atoms with Crippen molar-refractivity contribution in [3.8, 4) is 0 Å². The summed E-state index contributed by atoms with van der Waals surface area (Å²) < 4.78 is 34.5. The molecule has 29 heavy (non-hydrogen) atoms. The van der Waals surface area contributed by atoms with Crippen LogP contribution >= 0.6 is 0 Å². The second kappa shape index (κ2) is 12.7. The molecule has 0 atom stereocenters.